The molecule has 0 unspecified atom stereocenters. The van der Waals surface area contributed by atoms with E-state index in [1.807, 2.05) is 12.1 Å². The lowest BCUT2D eigenvalue weighted by Gasteiger charge is -2.10. The predicted molar refractivity (Wildman–Crippen MR) is 101 cm³/mol. The fourth-order valence-corrected chi connectivity index (χ4v) is 3.07. The number of phenolic OH excluding ortho intramolecular Hbond substituents is 1. The molecule has 0 saturated heterocycles. The number of hydrogen-bond acceptors (Lipinski definition) is 4. The van der Waals surface area contributed by atoms with Crippen molar-refractivity contribution in [2.24, 2.45) is 0 Å². The van der Waals surface area contributed by atoms with Gasteiger partial charge in [-0.2, -0.15) is 0 Å². The van der Waals surface area contributed by atoms with E-state index in [9.17, 15) is 14.7 Å². The van der Waals surface area contributed by atoms with Gasteiger partial charge in [0, 0.05) is 22.5 Å². The van der Waals surface area contributed by atoms with Crippen LogP contribution in [0.3, 0.4) is 0 Å². The summed E-state index contributed by atoms with van der Waals surface area (Å²) >= 11 is 5.93. The fourth-order valence-electron chi connectivity index (χ4n) is 2.85. The van der Waals surface area contributed by atoms with Crippen molar-refractivity contribution in [2.75, 3.05) is 0 Å². The average molecular weight is 372 g/mol. The molecule has 0 bridgehead atoms. The lowest BCUT2D eigenvalue weighted by atomic mass is 10.0. The van der Waals surface area contributed by atoms with Crippen LogP contribution in [-0.4, -0.2) is 11.0 Å². The van der Waals surface area contributed by atoms with Crippen LogP contribution in [0.1, 0.15) is 22.3 Å². The van der Waals surface area contributed by atoms with Crippen molar-refractivity contribution < 1.29 is 14.3 Å². The number of aromatic hydroxyl groups is 1. The summed E-state index contributed by atoms with van der Waals surface area (Å²) in [5, 5.41) is 13.9. The molecule has 6 heteroatoms. The summed E-state index contributed by atoms with van der Waals surface area (Å²) in [6, 6.07) is 10.4. The molecule has 0 fully saturated rings. The summed E-state index contributed by atoms with van der Waals surface area (Å²) < 4.78 is 5.35. The number of fused-ring (bicyclic) bond motifs is 1. The summed E-state index contributed by atoms with van der Waals surface area (Å²) in [6.45, 7) is 3.77. The van der Waals surface area contributed by atoms with Gasteiger partial charge in [-0.3, -0.25) is 4.79 Å². The molecule has 1 heterocycles. The maximum absolute atomic E-state index is 12.3. The zero-order valence-electron chi connectivity index (χ0n) is 14.4. The van der Waals surface area contributed by atoms with Gasteiger partial charge in [0.2, 0.25) is 5.91 Å². The second-order valence-corrected chi connectivity index (χ2v) is 6.60. The second kappa shape index (κ2) is 7.22. The van der Waals surface area contributed by atoms with Crippen molar-refractivity contribution >= 4 is 28.5 Å². The highest BCUT2D eigenvalue weighted by atomic mass is 35.5. The van der Waals surface area contributed by atoms with E-state index in [-0.39, 0.29) is 18.1 Å². The van der Waals surface area contributed by atoms with Gasteiger partial charge in [0.1, 0.15) is 11.3 Å². The summed E-state index contributed by atoms with van der Waals surface area (Å²) in [6.07, 6.45) is -0.0788. The van der Waals surface area contributed by atoms with Crippen molar-refractivity contribution in [3.63, 3.8) is 0 Å². The molecular weight excluding hydrogens is 354 g/mol. The first-order valence-corrected chi connectivity index (χ1v) is 8.50. The summed E-state index contributed by atoms with van der Waals surface area (Å²) in [5.74, 6) is -0.220. The quantitative estimate of drug-likeness (QED) is 0.686. The van der Waals surface area contributed by atoms with Crippen LogP contribution in [0.2, 0.25) is 5.02 Å². The van der Waals surface area contributed by atoms with Crippen LogP contribution in [0.4, 0.5) is 0 Å². The van der Waals surface area contributed by atoms with Crippen molar-refractivity contribution in [2.45, 2.75) is 26.8 Å². The van der Waals surface area contributed by atoms with E-state index < -0.39 is 5.63 Å². The van der Waals surface area contributed by atoms with E-state index in [0.29, 0.717) is 39.2 Å². The zero-order chi connectivity index (χ0) is 18.8. The van der Waals surface area contributed by atoms with Gasteiger partial charge in [0.25, 0.3) is 0 Å². The number of carbonyl (C=O) groups is 1. The number of nitrogens with one attached hydrogen (secondary N) is 1. The van der Waals surface area contributed by atoms with E-state index in [2.05, 4.69) is 5.32 Å². The highest BCUT2D eigenvalue weighted by Crippen LogP contribution is 2.28. The van der Waals surface area contributed by atoms with Crippen LogP contribution in [0.15, 0.2) is 45.6 Å². The predicted octanol–water partition coefficient (Wildman–Crippen LogP) is 3.63. The molecule has 0 aliphatic heterocycles. The largest absolute Gasteiger partial charge is 0.508 e. The van der Waals surface area contributed by atoms with Gasteiger partial charge < -0.3 is 14.8 Å². The molecule has 0 aliphatic rings. The third-order valence-corrected chi connectivity index (χ3v) is 4.63. The van der Waals surface area contributed by atoms with Crippen LogP contribution in [-0.2, 0) is 17.8 Å². The Balaban J connectivity index is 1.83. The minimum absolute atomic E-state index is 0.0621. The molecule has 0 aliphatic carbocycles. The smallest absolute Gasteiger partial charge is 0.340 e. The minimum Gasteiger partial charge on any atom is -0.508 e. The number of hydrogen-bond donors (Lipinski definition) is 2. The molecule has 0 atom stereocenters. The number of halogens is 1. The first-order chi connectivity index (χ1) is 12.4. The van der Waals surface area contributed by atoms with Crippen molar-refractivity contribution in [3.05, 3.63) is 74.1 Å². The van der Waals surface area contributed by atoms with Crippen LogP contribution < -0.4 is 10.9 Å². The van der Waals surface area contributed by atoms with E-state index in [4.69, 9.17) is 16.0 Å². The maximum Gasteiger partial charge on any atom is 0.340 e. The molecule has 3 aromatic rings. The summed E-state index contributed by atoms with van der Waals surface area (Å²) in [5.41, 5.74) is 2.14. The van der Waals surface area contributed by atoms with Crippen LogP contribution in [0, 0.1) is 13.8 Å². The number of benzene rings is 2. The first kappa shape index (κ1) is 18.0. The highest BCUT2D eigenvalue weighted by molar-refractivity contribution is 6.30. The number of rotatable bonds is 4. The van der Waals surface area contributed by atoms with Gasteiger partial charge in [-0.15, -0.1) is 0 Å². The minimum atomic E-state index is -0.568. The Hall–Kier alpha value is -2.79. The molecule has 1 aromatic heterocycles. The molecule has 5 nitrogen and oxygen atoms in total. The van der Waals surface area contributed by atoms with Gasteiger partial charge in [0.15, 0.2) is 0 Å². The number of carbonyl (C=O) groups excluding carboxylic acids is 1. The molecule has 3 rings (SSSR count). The Morgan fingerprint density at radius 3 is 2.69 bits per heavy atom. The highest BCUT2D eigenvalue weighted by Gasteiger charge is 2.17. The van der Waals surface area contributed by atoms with Crippen LogP contribution >= 0.6 is 11.6 Å². The summed E-state index contributed by atoms with van der Waals surface area (Å²) in [4.78, 5) is 24.6. The van der Waals surface area contributed by atoms with E-state index >= 15 is 0 Å². The van der Waals surface area contributed by atoms with Gasteiger partial charge in [0.05, 0.1) is 12.0 Å². The lowest BCUT2D eigenvalue weighted by Crippen LogP contribution is -2.27. The van der Waals surface area contributed by atoms with Crippen LogP contribution in [0.25, 0.3) is 11.0 Å². The molecule has 2 aromatic carbocycles. The third kappa shape index (κ3) is 3.58. The summed E-state index contributed by atoms with van der Waals surface area (Å²) in [7, 11) is 0. The molecule has 134 valence electrons. The number of phenols is 1. The van der Waals surface area contributed by atoms with E-state index in [1.165, 1.54) is 0 Å². The SMILES string of the molecule is Cc1c(CC(=O)NCc2cccc(Cl)c2)c(=O)oc2c(C)c(O)ccc12. The molecule has 0 radical (unpaired) electrons. The molecule has 0 saturated carbocycles. The Labute approximate surface area is 155 Å². The Morgan fingerprint density at radius 1 is 1.19 bits per heavy atom. The Kier molecular flexibility index (Phi) is 5.00. The number of aryl methyl sites for hydroxylation is 2. The lowest BCUT2D eigenvalue weighted by molar-refractivity contribution is -0.120. The molecular formula is C20H18ClNO4. The maximum atomic E-state index is 12.3. The van der Waals surface area contributed by atoms with Crippen molar-refractivity contribution in [3.8, 4) is 5.75 Å². The molecule has 0 spiro atoms. The zero-order valence-corrected chi connectivity index (χ0v) is 15.2. The average Bonchev–Trinajstić information content (AvgIpc) is 2.60. The molecule has 1 amide bonds. The van der Waals surface area contributed by atoms with E-state index in [1.54, 1.807) is 38.1 Å². The monoisotopic (exact) mass is 371 g/mol. The van der Waals surface area contributed by atoms with E-state index in [0.717, 1.165) is 5.56 Å². The second-order valence-electron chi connectivity index (χ2n) is 6.16. The van der Waals surface area contributed by atoms with Crippen LogP contribution in [0.5, 0.6) is 5.75 Å². The molecule has 26 heavy (non-hydrogen) atoms. The molecule has 2 N–H and O–H groups in total. The fraction of sp³-hybridized carbons (Fsp3) is 0.200. The van der Waals surface area contributed by atoms with Gasteiger partial charge in [-0.05, 0) is 49.2 Å². The Bertz CT molecular complexity index is 1060. The first-order valence-electron chi connectivity index (χ1n) is 8.13. The topological polar surface area (TPSA) is 79.5 Å². The third-order valence-electron chi connectivity index (χ3n) is 4.39. The van der Waals surface area contributed by atoms with Crippen molar-refractivity contribution in [1.29, 1.82) is 0 Å². The van der Waals surface area contributed by atoms with Gasteiger partial charge in [-0.1, -0.05) is 23.7 Å². The normalized spacial score (nSPS) is 10.9. The number of amides is 1. The Morgan fingerprint density at radius 2 is 1.96 bits per heavy atom. The van der Waals surface area contributed by atoms with Gasteiger partial charge in [-0.25, -0.2) is 4.79 Å². The standard InChI is InChI=1S/C20H18ClNO4/c1-11-15-6-7-17(23)12(2)19(15)26-20(25)16(11)9-18(24)22-10-13-4-3-5-14(21)8-13/h3-8,23H,9-10H2,1-2H3,(H,22,24). The van der Waals surface area contributed by atoms with Gasteiger partial charge >= 0.3 is 5.63 Å². The van der Waals surface area contributed by atoms with Crippen molar-refractivity contribution in [1.82, 2.24) is 5.32 Å².